The Kier molecular flexibility index (Phi) is 6.53. The largest absolute Gasteiger partial charge is 0.301 e. The van der Waals surface area contributed by atoms with Gasteiger partial charge in [-0.1, -0.05) is 66.7 Å². The van der Waals surface area contributed by atoms with Gasteiger partial charge in [-0.2, -0.15) is 5.10 Å². The average molecular weight is 487 g/mol. The van der Waals surface area contributed by atoms with Gasteiger partial charge in [0.05, 0.1) is 18.3 Å². The van der Waals surface area contributed by atoms with E-state index in [1.54, 1.807) is 10.6 Å². The maximum atomic E-state index is 12.9. The van der Waals surface area contributed by atoms with Gasteiger partial charge in [0.15, 0.2) is 0 Å². The molecule has 37 heavy (non-hydrogen) atoms. The molecule has 3 aromatic carbocycles. The van der Waals surface area contributed by atoms with Crippen LogP contribution in [-0.4, -0.2) is 38.9 Å². The lowest BCUT2D eigenvalue weighted by Crippen LogP contribution is -2.24. The number of benzene rings is 3. The Morgan fingerprint density at radius 3 is 2.30 bits per heavy atom. The van der Waals surface area contributed by atoms with E-state index >= 15 is 0 Å². The highest BCUT2D eigenvalue weighted by Crippen LogP contribution is 2.21. The van der Waals surface area contributed by atoms with E-state index in [4.69, 9.17) is 0 Å². The lowest BCUT2D eigenvalue weighted by atomic mass is 10.0. The van der Waals surface area contributed by atoms with E-state index in [1.807, 2.05) is 60.9 Å². The number of rotatable bonds is 7. The summed E-state index contributed by atoms with van der Waals surface area (Å²) >= 11 is 0. The Hall–Kier alpha value is -4.22. The number of likely N-dealkylation sites (tertiary alicyclic amines) is 1. The van der Waals surface area contributed by atoms with Crippen molar-refractivity contribution in [2.45, 2.75) is 19.4 Å². The summed E-state index contributed by atoms with van der Waals surface area (Å²) in [5.41, 5.74) is 6.27. The molecule has 184 valence electrons. The zero-order valence-corrected chi connectivity index (χ0v) is 20.8. The standard InChI is InChI=1S/C32H30N4O/c37-32-22-26(9-8-25-10-12-28(13-11-25)27-6-2-1-3-7-27)16-19-35(32)30-14-15-31-29(23-30)24-33-36(31)21-20-34-17-4-5-18-34/h1-3,6-16,19,22-24H,4-5,17-18,20-21H2/b9-8+. The molecule has 5 aromatic rings. The second kappa shape index (κ2) is 10.4. The summed E-state index contributed by atoms with van der Waals surface area (Å²) in [7, 11) is 0. The predicted molar refractivity (Wildman–Crippen MR) is 152 cm³/mol. The molecule has 0 atom stereocenters. The molecule has 5 heteroatoms. The Balaban J connectivity index is 1.16. The molecule has 0 amide bonds. The zero-order valence-electron chi connectivity index (χ0n) is 20.8. The van der Waals surface area contributed by atoms with Crippen LogP contribution in [0.4, 0.5) is 0 Å². The van der Waals surface area contributed by atoms with Gasteiger partial charge in [0.25, 0.3) is 5.56 Å². The fourth-order valence-corrected chi connectivity index (χ4v) is 5.07. The van der Waals surface area contributed by atoms with Crippen molar-refractivity contribution in [3.05, 3.63) is 119 Å². The third kappa shape index (κ3) is 5.18. The molecule has 0 spiro atoms. The van der Waals surface area contributed by atoms with Crippen LogP contribution in [0.5, 0.6) is 0 Å². The van der Waals surface area contributed by atoms with Gasteiger partial charge in [0.2, 0.25) is 0 Å². The highest BCUT2D eigenvalue weighted by atomic mass is 16.1. The Morgan fingerprint density at radius 2 is 1.51 bits per heavy atom. The molecule has 5 nitrogen and oxygen atoms in total. The van der Waals surface area contributed by atoms with Crippen molar-refractivity contribution in [2.75, 3.05) is 19.6 Å². The Morgan fingerprint density at radius 1 is 0.757 bits per heavy atom. The quantitative estimate of drug-likeness (QED) is 0.278. The summed E-state index contributed by atoms with van der Waals surface area (Å²) in [6.07, 6.45) is 10.4. The molecule has 0 aliphatic carbocycles. The number of aromatic nitrogens is 3. The van der Waals surface area contributed by atoms with Gasteiger partial charge in [-0.15, -0.1) is 0 Å². The van der Waals surface area contributed by atoms with E-state index in [0.29, 0.717) is 0 Å². The van der Waals surface area contributed by atoms with E-state index in [0.717, 1.165) is 40.8 Å². The van der Waals surface area contributed by atoms with Crippen molar-refractivity contribution < 1.29 is 0 Å². The summed E-state index contributed by atoms with van der Waals surface area (Å²) in [5, 5.41) is 5.65. The molecule has 1 saturated heterocycles. The smallest absolute Gasteiger partial charge is 0.255 e. The SMILES string of the molecule is O=c1cc(/C=C/c2ccc(-c3ccccc3)cc2)ccn1-c1ccc2c(cnn2CCN2CCCC2)c1. The molecule has 6 rings (SSSR count). The lowest BCUT2D eigenvalue weighted by Gasteiger charge is -2.14. The van der Waals surface area contributed by atoms with Gasteiger partial charge in [0, 0.05) is 29.9 Å². The first kappa shape index (κ1) is 23.2. The summed E-state index contributed by atoms with van der Waals surface area (Å²) < 4.78 is 3.76. The minimum atomic E-state index is -0.0534. The maximum Gasteiger partial charge on any atom is 0.255 e. The summed E-state index contributed by atoms with van der Waals surface area (Å²) in [5.74, 6) is 0. The maximum absolute atomic E-state index is 12.9. The summed E-state index contributed by atoms with van der Waals surface area (Å²) in [6.45, 7) is 4.30. The van der Waals surface area contributed by atoms with Crippen LogP contribution in [0.15, 0.2) is 102 Å². The Labute approximate surface area is 216 Å². The summed E-state index contributed by atoms with van der Waals surface area (Å²) in [6, 6.07) is 28.5. The molecular formula is C32H30N4O. The van der Waals surface area contributed by atoms with Gasteiger partial charge < -0.3 is 4.90 Å². The van der Waals surface area contributed by atoms with Crippen molar-refractivity contribution in [2.24, 2.45) is 0 Å². The van der Waals surface area contributed by atoms with Gasteiger partial charge >= 0.3 is 0 Å². The number of hydrogen-bond donors (Lipinski definition) is 0. The van der Waals surface area contributed by atoms with E-state index in [2.05, 4.69) is 57.1 Å². The fourth-order valence-electron chi connectivity index (χ4n) is 5.07. The second-order valence-electron chi connectivity index (χ2n) is 9.65. The normalized spacial score (nSPS) is 14.2. The molecule has 0 bridgehead atoms. The fraction of sp³-hybridized carbons (Fsp3) is 0.188. The third-order valence-electron chi connectivity index (χ3n) is 7.16. The van der Waals surface area contributed by atoms with Gasteiger partial charge in [0.1, 0.15) is 0 Å². The molecule has 2 aromatic heterocycles. The third-order valence-corrected chi connectivity index (χ3v) is 7.16. The average Bonchev–Trinajstić information content (AvgIpc) is 3.61. The minimum absolute atomic E-state index is 0.0534. The Bertz CT molecular complexity index is 1590. The van der Waals surface area contributed by atoms with Gasteiger partial charge in [-0.3, -0.25) is 14.0 Å². The van der Waals surface area contributed by atoms with E-state index < -0.39 is 0 Å². The van der Waals surface area contributed by atoms with E-state index in [1.165, 1.54) is 37.1 Å². The lowest BCUT2D eigenvalue weighted by molar-refractivity contribution is 0.318. The molecule has 0 radical (unpaired) electrons. The first-order valence-electron chi connectivity index (χ1n) is 13.0. The molecule has 3 heterocycles. The van der Waals surface area contributed by atoms with Crippen molar-refractivity contribution in [3.63, 3.8) is 0 Å². The number of pyridine rings is 1. The topological polar surface area (TPSA) is 43.1 Å². The van der Waals surface area contributed by atoms with Crippen molar-refractivity contribution in [1.82, 2.24) is 19.2 Å². The first-order valence-corrected chi connectivity index (χ1v) is 13.0. The molecule has 1 aliphatic rings. The van der Waals surface area contributed by atoms with Gasteiger partial charge in [-0.25, -0.2) is 0 Å². The van der Waals surface area contributed by atoms with Crippen molar-refractivity contribution in [3.8, 4) is 16.8 Å². The minimum Gasteiger partial charge on any atom is -0.301 e. The van der Waals surface area contributed by atoms with Crippen molar-refractivity contribution >= 4 is 23.1 Å². The van der Waals surface area contributed by atoms with Crippen LogP contribution in [0.2, 0.25) is 0 Å². The number of nitrogens with zero attached hydrogens (tertiary/aromatic N) is 4. The summed E-state index contributed by atoms with van der Waals surface area (Å²) in [4.78, 5) is 15.4. The van der Waals surface area contributed by atoms with Crippen LogP contribution in [0, 0.1) is 0 Å². The number of fused-ring (bicyclic) bond motifs is 1. The molecule has 0 saturated carbocycles. The van der Waals surface area contributed by atoms with E-state index in [-0.39, 0.29) is 5.56 Å². The molecular weight excluding hydrogens is 456 g/mol. The predicted octanol–water partition coefficient (Wildman–Crippen LogP) is 6.12. The zero-order chi connectivity index (χ0) is 25.0. The van der Waals surface area contributed by atoms with E-state index in [9.17, 15) is 4.79 Å². The van der Waals surface area contributed by atoms with Crippen LogP contribution >= 0.6 is 0 Å². The molecule has 0 unspecified atom stereocenters. The van der Waals surface area contributed by atoms with Crippen molar-refractivity contribution in [1.29, 1.82) is 0 Å². The monoisotopic (exact) mass is 486 g/mol. The molecule has 1 fully saturated rings. The molecule has 0 N–H and O–H groups in total. The van der Waals surface area contributed by atoms with Crippen LogP contribution in [0.1, 0.15) is 24.0 Å². The first-order chi connectivity index (χ1) is 18.2. The van der Waals surface area contributed by atoms with Crippen LogP contribution in [0.25, 0.3) is 39.9 Å². The van der Waals surface area contributed by atoms with Gasteiger partial charge in [-0.05, 0) is 72.5 Å². The highest BCUT2D eigenvalue weighted by molar-refractivity contribution is 5.81. The van der Waals surface area contributed by atoms with Crippen LogP contribution in [0.3, 0.4) is 0 Å². The highest BCUT2D eigenvalue weighted by Gasteiger charge is 2.12. The molecule has 1 aliphatic heterocycles. The second-order valence-corrected chi connectivity index (χ2v) is 9.65. The van der Waals surface area contributed by atoms with Crippen LogP contribution in [-0.2, 0) is 6.54 Å². The number of hydrogen-bond acceptors (Lipinski definition) is 3. The van der Waals surface area contributed by atoms with Crippen LogP contribution < -0.4 is 5.56 Å².